The van der Waals surface area contributed by atoms with Crippen LogP contribution in [0.25, 0.3) is 0 Å². The van der Waals surface area contributed by atoms with E-state index < -0.39 is 6.10 Å². The number of halogens is 1. The van der Waals surface area contributed by atoms with Gasteiger partial charge < -0.3 is 5.11 Å². The minimum absolute atomic E-state index is 0.409. The van der Waals surface area contributed by atoms with Crippen molar-refractivity contribution in [3.05, 3.63) is 46.0 Å². The molecule has 4 nitrogen and oxygen atoms in total. The zero-order valence-corrected chi connectivity index (χ0v) is 11.4. The third kappa shape index (κ3) is 2.54. The predicted octanol–water partition coefficient (Wildman–Crippen LogP) is 2.36. The van der Waals surface area contributed by atoms with Crippen LogP contribution in [-0.4, -0.2) is 19.9 Å². The molecule has 96 valence electrons. The number of aliphatic hydroxyl groups is 1. The Morgan fingerprint density at radius 3 is 2.72 bits per heavy atom. The monoisotopic (exact) mass is 265 g/mol. The molecule has 18 heavy (non-hydrogen) atoms. The molecule has 0 amide bonds. The first-order chi connectivity index (χ1) is 8.49. The molecule has 1 unspecified atom stereocenters. The molecule has 0 fully saturated rings. The third-order valence-electron chi connectivity index (χ3n) is 2.93. The molecule has 2 heterocycles. The summed E-state index contributed by atoms with van der Waals surface area (Å²) < 4.78 is 1.71. The van der Waals surface area contributed by atoms with Gasteiger partial charge in [-0.3, -0.25) is 9.67 Å². The Morgan fingerprint density at radius 2 is 2.17 bits per heavy atom. The van der Waals surface area contributed by atoms with E-state index in [1.807, 2.05) is 33.0 Å². The largest absolute Gasteiger partial charge is 0.386 e. The fraction of sp³-hybridized carbons (Fsp3) is 0.385. The van der Waals surface area contributed by atoms with Crippen LogP contribution in [0.15, 0.2) is 18.3 Å². The first kappa shape index (κ1) is 13.1. The van der Waals surface area contributed by atoms with Gasteiger partial charge >= 0.3 is 0 Å². The maximum absolute atomic E-state index is 10.2. The Labute approximate surface area is 111 Å². The minimum atomic E-state index is -0.669. The Kier molecular flexibility index (Phi) is 3.68. The number of hydrogen-bond donors (Lipinski definition) is 1. The molecule has 2 aromatic rings. The second-order valence-electron chi connectivity index (χ2n) is 4.45. The van der Waals surface area contributed by atoms with Gasteiger partial charge in [-0.25, -0.2) is 0 Å². The van der Waals surface area contributed by atoms with Gasteiger partial charge in [-0.15, -0.1) is 0 Å². The van der Waals surface area contributed by atoms with E-state index in [2.05, 4.69) is 10.1 Å². The van der Waals surface area contributed by atoms with Crippen LogP contribution in [0.3, 0.4) is 0 Å². The molecule has 0 aliphatic heterocycles. The number of aliphatic hydroxyl groups excluding tert-OH is 1. The smallest absolute Gasteiger partial charge is 0.101 e. The van der Waals surface area contributed by atoms with Gasteiger partial charge in [0.2, 0.25) is 0 Å². The van der Waals surface area contributed by atoms with Gasteiger partial charge in [0.25, 0.3) is 0 Å². The number of pyridine rings is 1. The van der Waals surface area contributed by atoms with E-state index in [0.717, 1.165) is 17.0 Å². The fourth-order valence-corrected chi connectivity index (χ4v) is 2.17. The molecule has 0 saturated heterocycles. The van der Waals surface area contributed by atoms with Crippen LogP contribution < -0.4 is 0 Å². The van der Waals surface area contributed by atoms with Crippen LogP contribution in [0.1, 0.15) is 28.7 Å². The van der Waals surface area contributed by atoms with Crippen molar-refractivity contribution in [1.82, 2.24) is 14.8 Å². The summed E-state index contributed by atoms with van der Waals surface area (Å²) in [4.78, 5) is 4.18. The highest BCUT2D eigenvalue weighted by atomic mass is 35.5. The normalized spacial score (nSPS) is 12.7. The zero-order valence-electron chi connectivity index (χ0n) is 10.7. The Balaban J connectivity index is 2.24. The van der Waals surface area contributed by atoms with Crippen molar-refractivity contribution < 1.29 is 5.11 Å². The van der Waals surface area contributed by atoms with Crippen LogP contribution in [0.4, 0.5) is 0 Å². The number of aromatic nitrogens is 3. The number of aryl methyl sites for hydroxylation is 3. The first-order valence-electron chi connectivity index (χ1n) is 5.77. The average molecular weight is 266 g/mol. The maximum atomic E-state index is 10.2. The molecular weight excluding hydrogens is 250 g/mol. The van der Waals surface area contributed by atoms with Crippen LogP contribution >= 0.6 is 11.6 Å². The fourth-order valence-electron chi connectivity index (χ4n) is 1.93. The molecule has 1 atom stereocenters. The van der Waals surface area contributed by atoms with Crippen LogP contribution in [0.2, 0.25) is 5.02 Å². The van der Waals surface area contributed by atoms with Gasteiger partial charge in [-0.1, -0.05) is 11.6 Å². The summed E-state index contributed by atoms with van der Waals surface area (Å²) in [6.45, 7) is 3.82. The molecule has 0 saturated carbocycles. The van der Waals surface area contributed by atoms with E-state index in [1.54, 1.807) is 10.9 Å². The van der Waals surface area contributed by atoms with Crippen molar-refractivity contribution in [2.24, 2.45) is 7.05 Å². The van der Waals surface area contributed by atoms with Crippen LogP contribution in [-0.2, 0) is 13.5 Å². The van der Waals surface area contributed by atoms with E-state index in [4.69, 9.17) is 11.6 Å². The summed E-state index contributed by atoms with van der Waals surface area (Å²) in [5.74, 6) is 0. The van der Waals surface area contributed by atoms with E-state index >= 15 is 0 Å². The second kappa shape index (κ2) is 5.08. The summed E-state index contributed by atoms with van der Waals surface area (Å²) >= 11 is 6.16. The van der Waals surface area contributed by atoms with Crippen LogP contribution in [0.5, 0.6) is 0 Å². The number of rotatable bonds is 3. The highest BCUT2D eigenvalue weighted by molar-refractivity contribution is 6.31. The molecule has 0 aliphatic carbocycles. The molecule has 0 aromatic carbocycles. The van der Waals surface area contributed by atoms with E-state index in [1.165, 1.54) is 0 Å². The number of hydrogen-bond acceptors (Lipinski definition) is 3. The van der Waals surface area contributed by atoms with E-state index in [9.17, 15) is 5.11 Å². The molecule has 0 aliphatic rings. The first-order valence-corrected chi connectivity index (χ1v) is 6.15. The number of nitrogens with zero attached hydrogens (tertiary/aromatic N) is 3. The standard InChI is InChI=1S/C13H16ClN3O/c1-8-4-5-15-10(6-8)12(18)7-11-13(14)9(2)16-17(11)3/h4-6,12,18H,7H2,1-3H3. The molecule has 0 bridgehead atoms. The van der Waals surface area contributed by atoms with Crippen molar-refractivity contribution in [3.63, 3.8) is 0 Å². The maximum Gasteiger partial charge on any atom is 0.101 e. The molecule has 0 radical (unpaired) electrons. The van der Waals surface area contributed by atoms with Crippen molar-refractivity contribution in [2.75, 3.05) is 0 Å². The van der Waals surface area contributed by atoms with Gasteiger partial charge in [0.15, 0.2) is 0 Å². The predicted molar refractivity (Wildman–Crippen MR) is 70.6 cm³/mol. The summed E-state index contributed by atoms with van der Waals surface area (Å²) in [5.41, 5.74) is 3.33. The SMILES string of the molecule is Cc1ccnc(C(O)Cc2c(Cl)c(C)nn2C)c1. The molecule has 5 heteroatoms. The lowest BCUT2D eigenvalue weighted by Gasteiger charge is -2.11. The van der Waals surface area contributed by atoms with Gasteiger partial charge in [0, 0.05) is 19.7 Å². The Bertz CT molecular complexity index is 565. The van der Waals surface area contributed by atoms with Crippen molar-refractivity contribution >= 4 is 11.6 Å². The van der Waals surface area contributed by atoms with Crippen molar-refractivity contribution in [2.45, 2.75) is 26.4 Å². The van der Waals surface area contributed by atoms with Gasteiger partial charge in [-0.2, -0.15) is 5.10 Å². The van der Waals surface area contributed by atoms with Gasteiger partial charge in [0.05, 0.1) is 22.1 Å². The van der Waals surface area contributed by atoms with Crippen molar-refractivity contribution in [1.29, 1.82) is 0 Å². The molecule has 1 N–H and O–H groups in total. The van der Waals surface area contributed by atoms with Crippen LogP contribution in [0, 0.1) is 13.8 Å². The van der Waals surface area contributed by atoms with E-state index in [0.29, 0.717) is 17.1 Å². The van der Waals surface area contributed by atoms with Crippen molar-refractivity contribution in [3.8, 4) is 0 Å². The average Bonchev–Trinajstić information content (AvgIpc) is 2.56. The third-order valence-corrected chi connectivity index (χ3v) is 3.42. The molecule has 2 rings (SSSR count). The highest BCUT2D eigenvalue weighted by Gasteiger charge is 2.17. The minimum Gasteiger partial charge on any atom is -0.386 e. The summed E-state index contributed by atoms with van der Waals surface area (Å²) in [6, 6.07) is 3.78. The van der Waals surface area contributed by atoms with Gasteiger partial charge in [-0.05, 0) is 31.5 Å². The lowest BCUT2D eigenvalue weighted by atomic mass is 10.1. The lowest BCUT2D eigenvalue weighted by Crippen LogP contribution is -2.08. The van der Waals surface area contributed by atoms with Gasteiger partial charge in [0.1, 0.15) is 6.10 Å². The molecule has 2 aromatic heterocycles. The Morgan fingerprint density at radius 1 is 1.44 bits per heavy atom. The zero-order chi connectivity index (χ0) is 13.3. The second-order valence-corrected chi connectivity index (χ2v) is 4.83. The Hall–Kier alpha value is -1.39. The summed E-state index contributed by atoms with van der Waals surface area (Å²) in [6.07, 6.45) is 1.44. The molecule has 0 spiro atoms. The topological polar surface area (TPSA) is 50.9 Å². The lowest BCUT2D eigenvalue weighted by molar-refractivity contribution is 0.171. The van der Waals surface area contributed by atoms with E-state index in [-0.39, 0.29) is 0 Å². The highest BCUT2D eigenvalue weighted by Crippen LogP contribution is 2.24. The summed E-state index contributed by atoms with van der Waals surface area (Å²) in [7, 11) is 1.82. The summed E-state index contributed by atoms with van der Waals surface area (Å²) in [5, 5.41) is 15.0. The molecular formula is C13H16ClN3O. The quantitative estimate of drug-likeness (QED) is 0.927.